The molecule has 0 radical (unpaired) electrons. The highest BCUT2D eigenvalue weighted by molar-refractivity contribution is 7.99. The summed E-state index contributed by atoms with van der Waals surface area (Å²) in [5.41, 5.74) is 6.85. The number of rotatable bonds is 9. The fraction of sp³-hybridized carbons (Fsp3) is 0.533. The van der Waals surface area contributed by atoms with Gasteiger partial charge in [-0.05, 0) is 36.6 Å². The molecule has 0 saturated carbocycles. The van der Waals surface area contributed by atoms with Gasteiger partial charge in [0.2, 0.25) is 5.91 Å². The van der Waals surface area contributed by atoms with Gasteiger partial charge >= 0.3 is 0 Å². The monoisotopic (exact) mass is 280 g/mol. The molecular formula is C15H24N2OS. The van der Waals surface area contributed by atoms with E-state index < -0.39 is 0 Å². The number of hydrogen-bond donors (Lipinski definition) is 2. The number of benzene rings is 1. The van der Waals surface area contributed by atoms with E-state index in [1.165, 1.54) is 5.56 Å². The summed E-state index contributed by atoms with van der Waals surface area (Å²) < 4.78 is 0. The van der Waals surface area contributed by atoms with Crippen LogP contribution >= 0.6 is 11.8 Å². The highest BCUT2D eigenvalue weighted by atomic mass is 32.2. The SMILES string of the molecule is CC(CN)CSCC(=O)NCCCc1ccccc1. The molecule has 1 rings (SSSR count). The van der Waals surface area contributed by atoms with Crippen LogP contribution in [0.1, 0.15) is 18.9 Å². The van der Waals surface area contributed by atoms with E-state index in [9.17, 15) is 4.79 Å². The Hall–Kier alpha value is -1.00. The van der Waals surface area contributed by atoms with Crippen molar-refractivity contribution in [3.05, 3.63) is 35.9 Å². The van der Waals surface area contributed by atoms with Gasteiger partial charge in [0.05, 0.1) is 5.75 Å². The van der Waals surface area contributed by atoms with Crippen molar-refractivity contribution in [1.29, 1.82) is 0 Å². The van der Waals surface area contributed by atoms with Gasteiger partial charge in [-0.2, -0.15) is 11.8 Å². The second kappa shape index (κ2) is 9.87. The van der Waals surface area contributed by atoms with Crippen LogP contribution in [0.15, 0.2) is 30.3 Å². The van der Waals surface area contributed by atoms with Crippen LogP contribution in [0.2, 0.25) is 0 Å². The minimum Gasteiger partial charge on any atom is -0.355 e. The lowest BCUT2D eigenvalue weighted by molar-refractivity contribution is -0.118. The third-order valence-corrected chi connectivity index (χ3v) is 4.12. The Morgan fingerprint density at radius 3 is 2.79 bits per heavy atom. The molecule has 1 amide bonds. The van der Waals surface area contributed by atoms with Crippen molar-refractivity contribution in [3.63, 3.8) is 0 Å². The summed E-state index contributed by atoms with van der Waals surface area (Å²) >= 11 is 1.66. The number of nitrogens with one attached hydrogen (secondary N) is 1. The molecule has 0 aliphatic heterocycles. The second-order valence-electron chi connectivity index (χ2n) is 4.80. The normalized spacial score (nSPS) is 12.1. The molecule has 0 heterocycles. The third-order valence-electron chi connectivity index (χ3n) is 2.85. The maximum absolute atomic E-state index is 11.6. The molecule has 0 spiro atoms. The number of amides is 1. The summed E-state index contributed by atoms with van der Waals surface area (Å²) in [6.07, 6.45) is 2.00. The molecule has 3 N–H and O–H groups in total. The predicted octanol–water partition coefficient (Wildman–Crippen LogP) is 2.06. The first kappa shape index (κ1) is 16.1. The maximum atomic E-state index is 11.6. The van der Waals surface area contributed by atoms with Gasteiger partial charge in [-0.1, -0.05) is 37.3 Å². The van der Waals surface area contributed by atoms with Gasteiger partial charge in [0.25, 0.3) is 0 Å². The van der Waals surface area contributed by atoms with Crippen molar-refractivity contribution in [2.45, 2.75) is 19.8 Å². The number of hydrogen-bond acceptors (Lipinski definition) is 3. The van der Waals surface area contributed by atoms with E-state index in [1.54, 1.807) is 11.8 Å². The molecule has 19 heavy (non-hydrogen) atoms. The van der Waals surface area contributed by atoms with Crippen molar-refractivity contribution in [2.75, 3.05) is 24.6 Å². The molecule has 1 aromatic carbocycles. The Labute approximate surface area is 120 Å². The Bertz CT molecular complexity index is 356. The van der Waals surface area contributed by atoms with E-state index in [1.807, 2.05) is 18.2 Å². The fourth-order valence-corrected chi connectivity index (χ4v) is 2.58. The van der Waals surface area contributed by atoms with Crippen molar-refractivity contribution in [3.8, 4) is 0 Å². The van der Waals surface area contributed by atoms with Crippen molar-refractivity contribution < 1.29 is 4.79 Å². The first-order chi connectivity index (χ1) is 9.22. The molecular weight excluding hydrogens is 256 g/mol. The topological polar surface area (TPSA) is 55.1 Å². The summed E-state index contributed by atoms with van der Waals surface area (Å²) in [6.45, 7) is 3.54. The van der Waals surface area contributed by atoms with E-state index in [0.29, 0.717) is 18.2 Å². The van der Waals surface area contributed by atoms with Crippen LogP contribution in [0.3, 0.4) is 0 Å². The molecule has 0 saturated heterocycles. The Morgan fingerprint density at radius 1 is 1.37 bits per heavy atom. The minimum absolute atomic E-state index is 0.127. The molecule has 0 bridgehead atoms. The number of aryl methyl sites for hydroxylation is 1. The average molecular weight is 280 g/mol. The third kappa shape index (κ3) is 7.90. The summed E-state index contributed by atoms with van der Waals surface area (Å²) in [4.78, 5) is 11.6. The lowest BCUT2D eigenvalue weighted by Gasteiger charge is -2.08. The number of carbonyl (C=O) groups is 1. The molecule has 0 aliphatic rings. The van der Waals surface area contributed by atoms with Gasteiger partial charge in [0.1, 0.15) is 0 Å². The van der Waals surface area contributed by atoms with Gasteiger partial charge < -0.3 is 11.1 Å². The highest BCUT2D eigenvalue weighted by Gasteiger charge is 2.03. The lowest BCUT2D eigenvalue weighted by Crippen LogP contribution is -2.27. The standard InChI is InChI=1S/C15H24N2OS/c1-13(10-16)11-19-12-15(18)17-9-5-8-14-6-3-2-4-7-14/h2-4,6-7,13H,5,8-12,16H2,1H3,(H,17,18). The van der Waals surface area contributed by atoms with Crippen LogP contribution in [0, 0.1) is 5.92 Å². The molecule has 1 aromatic rings. The van der Waals surface area contributed by atoms with E-state index in [4.69, 9.17) is 5.73 Å². The number of nitrogens with two attached hydrogens (primary N) is 1. The first-order valence-corrected chi connectivity index (χ1v) is 7.96. The smallest absolute Gasteiger partial charge is 0.229 e. The molecule has 3 nitrogen and oxygen atoms in total. The molecule has 0 aromatic heterocycles. The van der Waals surface area contributed by atoms with Crippen LogP contribution in [0.5, 0.6) is 0 Å². The van der Waals surface area contributed by atoms with Crippen LogP contribution in [-0.4, -0.2) is 30.5 Å². The zero-order chi connectivity index (χ0) is 13.9. The van der Waals surface area contributed by atoms with Crippen LogP contribution in [0.25, 0.3) is 0 Å². The summed E-state index contributed by atoms with van der Waals surface area (Å²) in [5, 5.41) is 2.95. The minimum atomic E-state index is 0.127. The van der Waals surface area contributed by atoms with Crippen molar-refractivity contribution >= 4 is 17.7 Å². The Kier molecular flexibility index (Phi) is 8.34. The van der Waals surface area contributed by atoms with Crippen LogP contribution in [0.4, 0.5) is 0 Å². The predicted molar refractivity (Wildman–Crippen MR) is 83.3 cm³/mol. The molecule has 0 fully saturated rings. The second-order valence-corrected chi connectivity index (χ2v) is 5.83. The molecule has 4 heteroatoms. The summed E-state index contributed by atoms with van der Waals surface area (Å²) in [6, 6.07) is 10.3. The van der Waals surface area contributed by atoms with Gasteiger partial charge in [0.15, 0.2) is 0 Å². The highest BCUT2D eigenvalue weighted by Crippen LogP contribution is 2.06. The summed E-state index contributed by atoms with van der Waals surface area (Å²) in [7, 11) is 0. The van der Waals surface area contributed by atoms with Crippen LogP contribution in [-0.2, 0) is 11.2 Å². The molecule has 1 atom stereocenters. The zero-order valence-corrected chi connectivity index (χ0v) is 12.4. The van der Waals surface area contributed by atoms with E-state index in [2.05, 4.69) is 24.4 Å². The van der Waals surface area contributed by atoms with Crippen molar-refractivity contribution in [1.82, 2.24) is 5.32 Å². The maximum Gasteiger partial charge on any atom is 0.229 e. The largest absolute Gasteiger partial charge is 0.355 e. The van der Waals surface area contributed by atoms with Gasteiger partial charge in [-0.3, -0.25) is 4.79 Å². The number of thioether (sulfide) groups is 1. The van der Waals surface area contributed by atoms with Gasteiger partial charge in [-0.25, -0.2) is 0 Å². The Morgan fingerprint density at radius 2 is 2.11 bits per heavy atom. The molecule has 1 unspecified atom stereocenters. The summed E-state index contributed by atoms with van der Waals surface area (Å²) in [5.74, 6) is 2.10. The van der Waals surface area contributed by atoms with E-state index in [0.717, 1.165) is 25.1 Å². The lowest BCUT2D eigenvalue weighted by atomic mass is 10.1. The number of carbonyl (C=O) groups excluding carboxylic acids is 1. The van der Waals surface area contributed by atoms with Crippen LogP contribution < -0.4 is 11.1 Å². The van der Waals surface area contributed by atoms with Gasteiger partial charge in [-0.15, -0.1) is 0 Å². The fourth-order valence-electron chi connectivity index (χ4n) is 1.64. The first-order valence-electron chi connectivity index (χ1n) is 6.80. The zero-order valence-electron chi connectivity index (χ0n) is 11.6. The molecule has 0 aliphatic carbocycles. The average Bonchev–Trinajstić information content (AvgIpc) is 2.44. The van der Waals surface area contributed by atoms with E-state index >= 15 is 0 Å². The van der Waals surface area contributed by atoms with Gasteiger partial charge in [0, 0.05) is 6.54 Å². The quantitative estimate of drug-likeness (QED) is 0.681. The van der Waals surface area contributed by atoms with E-state index in [-0.39, 0.29) is 5.91 Å². The van der Waals surface area contributed by atoms with Crippen molar-refractivity contribution in [2.24, 2.45) is 11.7 Å². The molecule has 106 valence electrons. The Balaban J connectivity index is 2.01.